The summed E-state index contributed by atoms with van der Waals surface area (Å²) in [5.74, 6) is -0.886. The largest absolute Gasteiger partial charge is 0.477 e. The van der Waals surface area contributed by atoms with Crippen molar-refractivity contribution in [3.8, 4) is 11.5 Å². The van der Waals surface area contributed by atoms with Crippen LogP contribution in [0.3, 0.4) is 0 Å². The monoisotopic (exact) mass is 556 g/mol. The highest BCUT2D eigenvalue weighted by Gasteiger charge is 2.16. The van der Waals surface area contributed by atoms with Crippen LogP contribution in [-0.4, -0.2) is 34.9 Å². The van der Waals surface area contributed by atoms with Crippen LogP contribution in [0.15, 0.2) is 97.1 Å². The van der Waals surface area contributed by atoms with E-state index >= 15 is 0 Å². The van der Waals surface area contributed by atoms with E-state index in [0.29, 0.717) is 17.8 Å². The Bertz CT molecular complexity index is 1440. The number of ether oxygens (including phenoxy) is 2. The summed E-state index contributed by atoms with van der Waals surface area (Å²) < 4.78 is 10.6. The van der Waals surface area contributed by atoms with Crippen molar-refractivity contribution >= 4 is 34.6 Å². The maximum absolute atomic E-state index is 12.2. The summed E-state index contributed by atoms with van der Waals surface area (Å²) in [7, 11) is 0. The van der Waals surface area contributed by atoms with Gasteiger partial charge in [0.15, 0.2) is 24.7 Å². The molecular weight excluding hydrogens is 532 g/mol. The second-order valence-electron chi connectivity index (χ2n) is 8.69. The minimum atomic E-state index is -0.574. The van der Waals surface area contributed by atoms with E-state index in [1.165, 1.54) is 36.4 Å². The number of nitro groups is 2. The second kappa shape index (κ2) is 13.3. The van der Waals surface area contributed by atoms with Gasteiger partial charge in [-0.05, 0) is 53.9 Å². The second-order valence-corrected chi connectivity index (χ2v) is 8.69. The minimum Gasteiger partial charge on any atom is -0.477 e. The van der Waals surface area contributed by atoms with E-state index in [2.05, 4.69) is 10.6 Å². The lowest BCUT2D eigenvalue weighted by Gasteiger charge is -2.10. The minimum absolute atomic E-state index is 0.0142. The SMILES string of the molecule is O=C(COc1ccccc1[N+](=O)[O-])Nc1ccc(Cc2ccc(NC(=O)COc3ccccc3[N+](=O)[O-])cc2)cc1. The average Bonchev–Trinajstić information content (AvgIpc) is 2.97. The fourth-order valence-corrected chi connectivity index (χ4v) is 3.79. The first-order chi connectivity index (χ1) is 19.8. The summed E-state index contributed by atoms with van der Waals surface area (Å²) in [6.45, 7) is -0.762. The van der Waals surface area contributed by atoms with Crippen LogP contribution in [0.2, 0.25) is 0 Å². The van der Waals surface area contributed by atoms with Crippen LogP contribution in [0, 0.1) is 20.2 Å². The van der Waals surface area contributed by atoms with Crippen molar-refractivity contribution in [1.29, 1.82) is 0 Å². The first kappa shape index (κ1) is 28.2. The standard InChI is InChI=1S/C29H24N4O8/c34-28(18-40-26-7-3-1-5-24(26)32(36)37)30-22-13-9-20(10-14-22)17-21-11-15-23(16-12-21)31-29(35)19-41-27-8-4-2-6-25(27)33(38)39/h1-16H,17-19H2,(H,30,34)(H,31,35). The van der Waals surface area contributed by atoms with Gasteiger partial charge in [-0.15, -0.1) is 0 Å². The Morgan fingerprint density at radius 3 is 1.32 bits per heavy atom. The number of carbonyl (C=O) groups is 2. The third-order valence-electron chi connectivity index (χ3n) is 5.73. The topological polar surface area (TPSA) is 163 Å². The molecule has 4 aromatic carbocycles. The van der Waals surface area contributed by atoms with Gasteiger partial charge in [-0.1, -0.05) is 48.5 Å². The summed E-state index contributed by atoms with van der Waals surface area (Å²) in [5.41, 5.74) is 2.62. The van der Waals surface area contributed by atoms with Gasteiger partial charge in [0.1, 0.15) is 0 Å². The molecule has 0 aliphatic rings. The molecule has 0 saturated carbocycles. The van der Waals surface area contributed by atoms with Gasteiger partial charge in [0, 0.05) is 23.5 Å². The summed E-state index contributed by atoms with van der Waals surface area (Å²) in [5, 5.41) is 27.5. The molecule has 0 spiro atoms. The Kier molecular flexibility index (Phi) is 9.18. The van der Waals surface area contributed by atoms with Gasteiger partial charge in [0.05, 0.1) is 9.85 Å². The maximum Gasteiger partial charge on any atom is 0.310 e. The van der Waals surface area contributed by atoms with Gasteiger partial charge in [0.25, 0.3) is 11.8 Å². The molecule has 0 saturated heterocycles. The smallest absolute Gasteiger partial charge is 0.310 e. The molecule has 0 aromatic heterocycles. The predicted octanol–water partition coefficient (Wildman–Crippen LogP) is 5.13. The molecule has 12 heteroatoms. The van der Waals surface area contributed by atoms with Crippen LogP contribution in [0.1, 0.15) is 11.1 Å². The van der Waals surface area contributed by atoms with Crippen molar-refractivity contribution in [2.24, 2.45) is 0 Å². The number of hydrogen-bond acceptors (Lipinski definition) is 8. The van der Waals surface area contributed by atoms with Crippen molar-refractivity contribution in [2.75, 3.05) is 23.8 Å². The van der Waals surface area contributed by atoms with Crippen molar-refractivity contribution in [1.82, 2.24) is 0 Å². The van der Waals surface area contributed by atoms with Gasteiger partial charge in [0.2, 0.25) is 0 Å². The first-order valence-corrected chi connectivity index (χ1v) is 12.3. The molecule has 0 atom stereocenters. The highest BCUT2D eigenvalue weighted by molar-refractivity contribution is 5.92. The van der Waals surface area contributed by atoms with Crippen LogP contribution >= 0.6 is 0 Å². The maximum atomic E-state index is 12.2. The molecular formula is C29H24N4O8. The van der Waals surface area contributed by atoms with E-state index in [4.69, 9.17) is 9.47 Å². The highest BCUT2D eigenvalue weighted by Crippen LogP contribution is 2.26. The Morgan fingerprint density at radius 2 is 0.951 bits per heavy atom. The van der Waals surface area contributed by atoms with Gasteiger partial charge in [-0.25, -0.2) is 0 Å². The molecule has 4 aromatic rings. The lowest BCUT2D eigenvalue weighted by molar-refractivity contribution is -0.386. The summed E-state index contributed by atoms with van der Waals surface area (Å²) >= 11 is 0. The van der Waals surface area contributed by atoms with Crippen LogP contribution in [0.5, 0.6) is 11.5 Å². The summed E-state index contributed by atoms with van der Waals surface area (Å²) in [4.78, 5) is 45.4. The molecule has 0 unspecified atom stereocenters. The van der Waals surface area contributed by atoms with E-state index in [0.717, 1.165) is 11.1 Å². The average molecular weight is 557 g/mol. The number of nitro benzene ring substituents is 2. The number of nitrogens with one attached hydrogen (secondary N) is 2. The van der Waals surface area contributed by atoms with E-state index < -0.39 is 21.7 Å². The quantitative estimate of drug-likeness (QED) is 0.179. The van der Waals surface area contributed by atoms with Crippen LogP contribution in [0.25, 0.3) is 0 Å². The first-order valence-electron chi connectivity index (χ1n) is 12.3. The Labute approximate surface area is 233 Å². The van der Waals surface area contributed by atoms with Crippen molar-refractivity contribution in [2.45, 2.75) is 6.42 Å². The Hall–Kier alpha value is -5.78. The number of hydrogen-bond donors (Lipinski definition) is 2. The summed E-state index contributed by atoms with van der Waals surface area (Å²) in [6.07, 6.45) is 0.601. The predicted molar refractivity (Wildman–Crippen MR) is 150 cm³/mol. The normalized spacial score (nSPS) is 10.3. The molecule has 0 heterocycles. The zero-order valence-corrected chi connectivity index (χ0v) is 21.5. The Balaban J connectivity index is 1.24. The van der Waals surface area contributed by atoms with Gasteiger partial charge in [-0.3, -0.25) is 29.8 Å². The summed E-state index contributed by atoms with van der Waals surface area (Å²) in [6, 6.07) is 26.0. The number of amides is 2. The zero-order chi connectivity index (χ0) is 29.2. The van der Waals surface area contributed by atoms with Crippen LogP contribution < -0.4 is 20.1 Å². The third-order valence-corrected chi connectivity index (χ3v) is 5.73. The fraction of sp³-hybridized carbons (Fsp3) is 0.103. The third kappa shape index (κ3) is 8.10. The number of para-hydroxylation sites is 4. The van der Waals surface area contributed by atoms with E-state index in [1.54, 1.807) is 36.4 Å². The number of carbonyl (C=O) groups excluding carboxylic acids is 2. The van der Waals surface area contributed by atoms with Gasteiger partial charge < -0.3 is 20.1 Å². The Morgan fingerprint density at radius 1 is 0.585 bits per heavy atom. The molecule has 41 heavy (non-hydrogen) atoms. The molecule has 0 fully saturated rings. The van der Waals surface area contributed by atoms with Crippen LogP contribution in [0.4, 0.5) is 22.7 Å². The zero-order valence-electron chi connectivity index (χ0n) is 21.5. The van der Waals surface area contributed by atoms with Crippen molar-refractivity contribution in [3.05, 3.63) is 128 Å². The van der Waals surface area contributed by atoms with Gasteiger partial charge >= 0.3 is 11.4 Å². The number of rotatable bonds is 12. The lowest BCUT2D eigenvalue weighted by atomic mass is 10.0. The van der Waals surface area contributed by atoms with Crippen molar-refractivity contribution < 1.29 is 28.9 Å². The van der Waals surface area contributed by atoms with Gasteiger partial charge in [-0.2, -0.15) is 0 Å². The number of benzene rings is 4. The fourth-order valence-electron chi connectivity index (χ4n) is 3.79. The molecule has 0 bridgehead atoms. The highest BCUT2D eigenvalue weighted by atomic mass is 16.6. The molecule has 12 nitrogen and oxygen atoms in total. The van der Waals surface area contributed by atoms with E-state index in [9.17, 15) is 29.8 Å². The number of anilines is 2. The van der Waals surface area contributed by atoms with Crippen molar-refractivity contribution in [3.63, 3.8) is 0 Å². The molecule has 0 radical (unpaired) electrons. The molecule has 208 valence electrons. The van der Waals surface area contributed by atoms with E-state index in [1.807, 2.05) is 24.3 Å². The molecule has 2 N–H and O–H groups in total. The van der Waals surface area contributed by atoms with Crippen LogP contribution in [-0.2, 0) is 16.0 Å². The lowest BCUT2D eigenvalue weighted by Crippen LogP contribution is -2.20. The molecule has 0 aliphatic heterocycles. The molecule has 4 rings (SSSR count). The van der Waals surface area contributed by atoms with E-state index in [-0.39, 0.29) is 36.1 Å². The number of nitrogens with zero attached hydrogens (tertiary/aromatic N) is 2. The molecule has 0 aliphatic carbocycles. The molecule has 2 amide bonds.